The van der Waals surface area contributed by atoms with Crippen LogP contribution in [0, 0.1) is 5.82 Å². The van der Waals surface area contributed by atoms with Crippen LogP contribution in [0.3, 0.4) is 0 Å². The van der Waals surface area contributed by atoms with Crippen LogP contribution < -0.4 is 10.6 Å². The quantitative estimate of drug-likeness (QED) is 0.593. The summed E-state index contributed by atoms with van der Waals surface area (Å²) in [7, 11) is 0. The molecule has 1 aromatic heterocycles. The molecule has 2 N–H and O–H groups in total. The standard InChI is InChI=1S/C25H26FN5O5/c26-22-14(3-4-15-12-30(24(34)21(15)22)19-5-6-20(32)29-23(19)33)11-27-25(35)36-17-9-16(10-17)31-18(7-8-28-31)13-1-2-13/h3-4,7-8,13,16-17,19H,1-2,5-6,9-12H2,(H,27,35)(H,29,32,33)/t16?,17?,19-/m0/s1. The predicted octanol–water partition coefficient (Wildman–Crippen LogP) is 2.29. The minimum atomic E-state index is -0.813. The monoisotopic (exact) mass is 495 g/mol. The summed E-state index contributed by atoms with van der Waals surface area (Å²) in [5.74, 6) is -1.64. The lowest BCUT2D eigenvalue weighted by molar-refractivity contribution is -0.136. The van der Waals surface area contributed by atoms with Gasteiger partial charge in [-0.3, -0.25) is 24.4 Å². The summed E-state index contributed by atoms with van der Waals surface area (Å²) >= 11 is 0. The number of halogens is 1. The van der Waals surface area contributed by atoms with Crippen LogP contribution in [0.15, 0.2) is 24.4 Å². The average molecular weight is 496 g/mol. The van der Waals surface area contributed by atoms with Gasteiger partial charge in [0.1, 0.15) is 18.0 Å². The lowest BCUT2D eigenvalue weighted by atomic mass is 9.89. The minimum Gasteiger partial charge on any atom is -0.446 e. The molecule has 10 nitrogen and oxygen atoms in total. The van der Waals surface area contributed by atoms with E-state index in [-0.39, 0.29) is 55.1 Å². The number of benzene rings is 1. The van der Waals surface area contributed by atoms with Crippen molar-refractivity contribution in [3.8, 4) is 0 Å². The smallest absolute Gasteiger partial charge is 0.407 e. The van der Waals surface area contributed by atoms with Gasteiger partial charge in [0, 0.05) is 55.7 Å². The maximum Gasteiger partial charge on any atom is 0.407 e. The first kappa shape index (κ1) is 22.7. The molecule has 2 saturated carbocycles. The summed E-state index contributed by atoms with van der Waals surface area (Å²) in [5.41, 5.74) is 1.78. The third-order valence-electron chi connectivity index (χ3n) is 7.52. The molecule has 2 aromatic rings. The van der Waals surface area contributed by atoms with Gasteiger partial charge in [-0.05, 0) is 30.9 Å². The van der Waals surface area contributed by atoms with Crippen molar-refractivity contribution < 1.29 is 28.3 Å². The van der Waals surface area contributed by atoms with Gasteiger partial charge < -0.3 is 15.0 Å². The van der Waals surface area contributed by atoms with Gasteiger partial charge in [0.15, 0.2) is 0 Å². The van der Waals surface area contributed by atoms with Crippen molar-refractivity contribution in [2.24, 2.45) is 0 Å². The number of aromatic nitrogens is 2. The molecule has 1 aromatic carbocycles. The molecule has 2 aliphatic carbocycles. The molecule has 1 saturated heterocycles. The number of ether oxygens (including phenoxy) is 1. The zero-order valence-corrected chi connectivity index (χ0v) is 19.5. The fourth-order valence-electron chi connectivity index (χ4n) is 5.32. The third kappa shape index (κ3) is 4.02. The van der Waals surface area contributed by atoms with E-state index in [9.17, 15) is 19.2 Å². The number of hydrogen-bond donors (Lipinski definition) is 2. The SMILES string of the molecule is O=C1CC[C@H](N2Cc3ccc(CNC(=O)OC4CC(n5nccc5C5CC5)C4)c(F)c3C2=O)C(=O)N1. The number of rotatable bonds is 6. The van der Waals surface area contributed by atoms with E-state index in [4.69, 9.17) is 4.74 Å². The Morgan fingerprint density at radius 3 is 2.72 bits per heavy atom. The highest BCUT2D eigenvalue weighted by Gasteiger charge is 2.41. The Morgan fingerprint density at radius 1 is 1.17 bits per heavy atom. The van der Waals surface area contributed by atoms with Gasteiger partial charge in [-0.2, -0.15) is 5.10 Å². The Balaban J connectivity index is 1.03. The fourth-order valence-corrected chi connectivity index (χ4v) is 5.32. The molecule has 6 rings (SSSR count). The Hall–Kier alpha value is -3.76. The second kappa shape index (κ2) is 8.72. The van der Waals surface area contributed by atoms with Gasteiger partial charge in [-0.1, -0.05) is 12.1 Å². The summed E-state index contributed by atoms with van der Waals surface area (Å²) in [5, 5.41) is 9.22. The first-order valence-corrected chi connectivity index (χ1v) is 12.3. The van der Waals surface area contributed by atoms with E-state index >= 15 is 4.39 Å². The number of nitrogens with one attached hydrogen (secondary N) is 2. The van der Waals surface area contributed by atoms with E-state index < -0.39 is 29.8 Å². The molecule has 2 aliphatic heterocycles. The van der Waals surface area contributed by atoms with Crippen LogP contribution in [0.1, 0.15) is 77.7 Å². The molecule has 11 heteroatoms. The lowest BCUT2D eigenvalue weighted by Gasteiger charge is -2.35. The Morgan fingerprint density at radius 2 is 1.97 bits per heavy atom. The van der Waals surface area contributed by atoms with Crippen molar-refractivity contribution in [3.63, 3.8) is 0 Å². The fraction of sp³-hybridized carbons (Fsp3) is 0.480. The molecule has 0 unspecified atom stereocenters. The van der Waals surface area contributed by atoms with Crippen LogP contribution in [0.25, 0.3) is 0 Å². The normalized spacial score (nSPS) is 25.3. The molecular weight excluding hydrogens is 469 g/mol. The number of carbonyl (C=O) groups excluding carboxylic acids is 4. The van der Waals surface area contributed by atoms with Crippen LogP contribution in [0.2, 0.25) is 0 Å². The van der Waals surface area contributed by atoms with Crippen molar-refractivity contribution >= 4 is 23.8 Å². The molecule has 1 atom stereocenters. The van der Waals surface area contributed by atoms with Gasteiger partial charge in [0.2, 0.25) is 11.8 Å². The Bertz CT molecular complexity index is 1270. The highest BCUT2D eigenvalue weighted by molar-refractivity contribution is 6.05. The highest BCUT2D eigenvalue weighted by atomic mass is 19.1. The second-order valence-corrected chi connectivity index (χ2v) is 9.95. The molecule has 0 radical (unpaired) electrons. The number of imide groups is 1. The van der Waals surface area contributed by atoms with Crippen LogP contribution in [-0.4, -0.2) is 50.6 Å². The van der Waals surface area contributed by atoms with Crippen molar-refractivity contribution in [1.29, 1.82) is 0 Å². The number of amides is 4. The first-order chi connectivity index (χ1) is 17.4. The topological polar surface area (TPSA) is 123 Å². The molecule has 188 valence electrons. The average Bonchev–Trinajstić information content (AvgIpc) is 3.46. The van der Waals surface area contributed by atoms with Gasteiger partial charge in [0.05, 0.1) is 11.6 Å². The van der Waals surface area contributed by atoms with Gasteiger partial charge in [-0.15, -0.1) is 0 Å². The van der Waals surface area contributed by atoms with E-state index in [2.05, 4.69) is 21.8 Å². The van der Waals surface area contributed by atoms with E-state index in [0.29, 0.717) is 24.3 Å². The van der Waals surface area contributed by atoms with Crippen molar-refractivity contribution in [3.05, 3.63) is 52.6 Å². The zero-order chi connectivity index (χ0) is 25.0. The van der Waals surface area contributed by atoms with E-state index in [0.717, 1.165) is 0 Å². The van der Waals surface area contributed by atoms with E-state index in [1.54, 1.807) is 6.07 Å². The van der Waals surface area contributed by atoms with Crippen LogP contribution in [0.5, 0.6) is 0 Å². The highest BCUT2D eigenvalue weighted by Crippen LogP contribution is 2.43. The minimum absolute atomic E-state index is 0.0919. The molecule has 36 heavy (non-hydrogen) atoms. The van der Waals surface area contributed by atoms with Crippen LogP contribution >= 0.6 is 0 Å². The number of alkyl carbamates (subject to hydrolysis) is 1. The van der Waals surface area contributed by atoms with Crippen LogP contribution in [0.4, 0.5) is 9.18 Å². The summed E-state index contributed by atoms with van der Waals surface area (Å²) in [4.78, 5) is 50.1. The molecule has 4 aliphatic rings. The van der Waals surface area contributed by atoms with E-state index in [1.165, 1.54) is 29.5 Å². The predicted molar refractivity (Wildman–Crippen MR) is 122 cm³/mol. The summed E-state index contributed by atoms with van der Waals surface area (Å²) in [6.07, 6.45) is 5.05. The van der Waals surface area contributed by atoms with Gasteiger partial charge >= 0.3 is 6.09 Å². The number of nitrogens with zero attached hydrogens (tertiary/aromatic N) is 3. The molecule has 3 heterocycles. The summed E-state index contributed by atoms with van der Waals surface area (Å²) in [6, 6.07) is 4.61. The number of carbonyl (C=O) groups is 4. The van der Waals surface area contributed by atoms with Crippen molar-refractivity contribution in [2.75, 3.05) is 0 Å². The maximum absolute atomic E-state index is 15.2. The molecule has 0 bridgehead atoms. The van der Waals surface area contributed by atoms with E-state index in [1.807, 2.05) is 10.9 Å². The van der Waals surface area contributed by atoms with Crippen molar-refractivity contribution in [1.82, 2.24) is 25.3 Å². The largest absolute Gasteiger partial charge is 0.446 e. The molecule has 4 amide bonds. The zero-order valence-electron chi connectivity index (χ0n) is 19.5. The first-order valence-electron chi connectivity index (χ1n) is 12.3. The Kier molecular flexibility index (Phi) is 5.50. The Labute approximate surface area is 206 Å². The van der Waals surface area contributed by atoms with Crippen LogP contribution in [-0.2, 0) is 27.4 Å². The molecular formula is C25H26FN5O5. The summed E-state index contributed by atoms with van der Waals surface area (Å²) in [6.45, 7) is -0.0422. The number of piperidine rings is 1. The molecule has 3 fully saturated rings. The second-order valence-electron chi connectivity index (χ2n) is 9.95. The number of hydrogen-bond acceptors (Lipinski definition) is 6. The summed E-state index contributed by atoms with van der Waals surface area (Å²) < 4.78 is 22.7. The third-order valence-corrected chi connectivity index (χ3v) is 7.52. The van der Waals surface area contributed by atoms with Gasteiger partial charge in [0.25, 0.3) is 5.91 Å². The lowest BCUT2D eigenvalue weighted by Crippen LogP contribution is -2.52. The van der Waals surface area contributed by atoms with Crippen molar-refractivity contribution in [2.45, 2.75) is 75.7 Å². The maximum atomic E-state index is 15.2. The molecule has 0 spiro atoms. The number of fused-ring (bicyclic) bond motifs is 1. The van der Waals surface area contributed by atoms with Gasteiger partial charge in [-0.25, -0.2) is 9.18 Å².